The Morgan fingerprint density at radius 1 is 1.08 bits per heavy atom. The molecule has 0 aromatic carbocycles. The van der Waals surface area contributed by atoms with Gasteiger partial charge in [-0.3, -0.25) is 0 Å². The summed E-state index contributed by atoms with van der Waals surface area (Å²) in [4.78, 5) is 0. The van der Waals surface area contributed by atoms with E-state index < -0.39 is 0 Å². The van der Waals surface area contributed by atoms with Crippen LogP contribution in [0.3, 0.4) is 0 Å². The Morgan fingerprint density at radius 2 is 1.73 bits per heavy atom. The molecule has 0 heterocycles. The van der Waals surface area contributed by atoms with Crippen LogP contribution in [0.25, 0.3) is 0 Å². The van der Waals surface area contributed by atoms with Crippen molar-refractivity contribution < 1.29 is 48.1 Å². The Labute approximate surface area is 188 Å². The van der Waals surface area contributed by atoms with Gasteiger partial charge in [0.2, 0.25) is 0 Å². The molecule has 4 aliphatic rings. The summed E-state index contributed by atoms with van der Waals surface area (Å²) in [5, 5.41) is 0. The molecule has 2 fully saturated rings. The van der Waals surface area contributed by atoms with Crippen molar-refractivity contribution in [2.75, 3.05) is 0 Å². The number of fused-ring (bicyclic) bond motifs is 3. The van der Waals surface area contributed by atoms with Crippen LogP contribution < -0.4 is 24.8 Å². The molecule has 0 spiro atoms. The summed E-state index contributed by atoms with van der Waals surface area (Å²) < 4.78 is 0. The van der Waals surface area contributed by atoms with Crippen LogP contribution >= 0.6 is 0 Å². The monoisotopic (exact) mass is 483 g/mol. The average Bonchev–Trinajstić information content (AvgIpc) is 3.08. The van der Waals surface area contributed by atoms with E-state index in [1.807, 2.05) is 0 Å². The molecule has 0 aliphatic heterocycles. The van der Waals surface area contributed by atoms with Crippen LogP contribution in [0.5, 0.6) is 0 Å². The first-order chi connectivity index (χ1) is 11.5. The molecular weight excluding hydrogens is 454 g/mol. The Morgan fingerprint density at radius 3 is 2.35 bits per heavy atom. The second-order valence-corrected chi connectivity index (χ2v) is 17.5. The zero-order valence-electron chi connectivity index (χ0n) is 16.4. The molecule has 0 N–H and O–H groups in total. The second-order valence-electron chi connectivity index (χ2n) is 8.14. The summed E-state index contributed by atoms with van der Waals surface area (Å²) in [7, 11) is 0. The Bertz CT molecular complexity index is 628. The maximum atomic E-state index is 2.70. The van der Waals surface area contributed by atoms with Gasteiger partial charge in [-0.25, -0.2) is 0 Å². The summed E-state index contributed by atoms with van der Waals surface area (Å²) in [6, 6.07) is 0. The van der Waals surface area contributed by atoms with E-state index in [0.717, 1.165) is 23.7 Å². The van der Waals surface area contributed by atoms with E-state index in [-0.39, 0.29) is 30.2 Å². The molecule has 26 heavy (non-hydrogen) atoms. The van der Waals surface area contributed by atoms with E-state index in [1.165, 1.54) is 31.3 Å². The standard InChI is InChI=1S/C20H25.C2H6Si.2ClH.Zr/c1-13-10-11-16(14(13)2)18-8-5-9-19-17-7-4-3-6-15(17)12-20(18)19;1-3-2;;;/h3-4,6-7,10,12,15,17-20H,5,8-9,11H2,1-2H3;1-2H3;2*1H;/q-1;;;;+2/p-2. The van der Waals surface area contributed by atoms with Crippen molar-refractivity contribution in [2.45, 2.75) is 52.6 Å². The average molecular weight is 486 g/mol. The molecule has 4 heteroatoms. The summed E-state index contributed by atoms with van der Waals surface area (Å²) >= 11 is 1.74. The van der Waals surface area contributed by atoms with Crippen molar-refractivity contribution in [2.24, 2.45) is 29.6 Å². The smallest absolute Gasteiger partial charge is 1.00 e. The third kappa shape index (κ3) is 5.37. The predicted molar refractivity (Wildman–Crippen MR) is 102 cm³/mol. The molecule has 0 aromatic rings. The van der Waals surface area contributed by atoms with Crippen LogP contribution in [0.1, 0.15) is 39.5 Å². The molecule has 142 valence electrons. The fourth-order valence-corrected chi connectivity index (χ4v) is 5.16. The van der Waals surface area contributed by atoms with Crippen molar-refractivity contribution in [3.05, 3.63) is 53.5 Å². The number of halogens is 2. The maximum Gasteiger partial charge on any atom is -1.00 e. The third-order valence-corrected chi connectivity index (χ3v) is 6.32. The van der Waals surface area contributed by atoms with Gasteiger partial charge < -0.3 is 31.2 Å². The van der Waals surface area contributed by atoms with Crippen LogP contribution in [-0.2, 0) is 23.3 Å². The molecule has 0 nitrogen and oxygen atoms in total. The molecule has 4 rings (SSSR count). The van der Waals surface area contributed by atoms with E-state index in [1.54, 1.807) is 34.5 Å². The molecule has 0 bridgehead atoms. The topological polar surface area (TPSA) is 0 Å². The van der Waals surface area contributed by atoms with Crippen molar-refractivity contribution in [3.63, 3.8) is 0 Å². The van der Waals surface area contributed by atoms with Gasteiger partial charge in [0.05, 0.1) is 0 Å². The molecule has 0 amide bonds. The van der Waals surface area contributed by atoms with Gasteiger partial charge in [-0.05, 0) is 44.1 Å². The molecule has 5 unspecified atom stereocenters. The minimum absolute atomic E-state index is 0. The van der Waals surface area contributed by atoms with E-state index in [0.29, 0.717) is 5.92 Å². The van der Waals surface area contributed by atoms with Gasteiger partial charge in [0.25, 0.3) is 0 Å². The normalized spacial score (nSPS) is 33.9. The molecule has 0 saturated heterocycles. The predicted octanol–water partition coefficient (Wildman–Crippen LogP) is 0.0540. The zero-order valence-corrected chi connectivity index (χ0v) is 21.4. The molecular formula is C22H31Cl2SiZr-. The first-order valence-electron chi connectivity index (χ1n) is 9.57. The van der Waals surface area contributed by atoms with Crippen molar-refractivity contribution in [1.82, 2.24) is 0 Å². The fraction of sp³-hybridized carbons (Fsp3) is 0.591. The fourth-order valence-electron chi connectivity index (χ4n) is 5.16. The van der Waals surface area contributed by atoms with Crippen LogP contribution in [0.4, 0.5) is 0 Å². The Kier molecular flexibility index (Phi) is 10.4. The van der Waals surface area contributed by atoms with Crippen LogP contribution in [-0.4, -0.2) is 5.43 Å². The van der Waals surface area contributed by atoms with Gasteiger partial charge in [-0.15, -0.1) is 12.0 Å². The number of allylic oxidation sites excluding steroid dienone is 8. The van der Waals surface area contributed by atoms with Gasteiger partial charge in [0.1, 0.15) is 0 Å². The van der Waals surface area contributed by atoms with Crippen LogP contribution in [0.15, 0.2) is 47.1 Å². The summed E-state index contributed by atoms with van der Waals surface area (Å²) in [6.07, 6.45) is 20.1. The summed E-state index contributed by atoms with van der Waals surface area (Å²) in [6.45, 7) is 9.25. The molecule has 2 saturated carbocycles. The Hall–Kier alpha value is 0.640. The summed E-state index contributed by atoms with van der Waals surface area (Å²) in [5.41, 5.74) is 5.10. The van der Waals surface area contributed by atoms with Crippen LogP contribution in [0.2, 0.25) is 13.1 Å². The van der Waals surface area contributed by atoms with Gasteiger partial charge in [0, 0.05) is 0 Å². The summed E-state index contributed by atoms with van der Waals surface area (Å²) in [5.74, 6) is 4.07. The third-order valence-electron chi connectivity index (χ3n) is 6.32. The van der Waals surface area contributed by atoms with Crippen molar-refractivity contribution in [1.29, 1.82) is 0 Å². The molecule has 0 aromatic heterocycles. The Balaban J connectivity index is 0.000000516. The van der Waals surface area contributed by atoms with Gasteiger partial charge in [0.15, 0.2) is 0 Å². The van der Waals surface area contributed by atoms with E-state index in [9.17, 15) is 0 Å². The van der Waals surface area contributed by atoms with E-state index in [4.69, 9.17) is 0 Å². The minimum atomic E-state index is 0. The number of hydrogen-bond acceptors (Lipinski definition) is 0. The van der Waals surface area contributed by atoms with Gasteiger partial charge in [-0.2, -0.15) is 5.92 Å². The molecule has 5 atom stereocenters. The maximum absolute atomic E-state index is 2.70. The largest absolute Gasteiger partial charge is 1.00 e. The van der Waals surface area contributed by atoms with Crippen molar-refractivity contribution >= 4 is 5.43 Å². The SMILES string of the molecule is CC1=CCC(C2CCCC3C4C=CC=CC4[CH-]C23)=C1C.C[Si](C)=[Zr+2].[Cl-].[Cl-]. The number of hydrogen-bond donors (Lipinski definition) is 0. The second kappa shape index (κ2) is 11.0. The van der Waals surface area contributed by atoms with Crippen LogP contribution in [0, 0.1) is 36.0 Å². The van der Waals surface area contributed by atoms with E-state index in [2.05, 4.69) is 63.7 Å². The van der Waals surface area contributed by atoms with E-state index >= 15 is 0 Å². The van der Waals surface area contributed by atoms with Gasteiger partial charge >= 0.3 is 41.9 Å². The quantitative estimate of drug-likeness (QED) is 0.364. The molecule has 0 radical (unpaired) electrons. The van der Waals surface area contributed by atoms with Gasteiger partial charge in [-0.1, -0.05) is 54.2 Å². The first-order valence-corrected chi connectivity index (χ1v) is 15.8. The zero-order chi connectivity index (χ0) is 17.3. The first kappa shape index (κ1) is 24.7. The minimum Gasteiger partial charge on any atom is -1.00 e. The van der Waals surface area contributed by atoms with Crippen molar-refractivity contribution in [3.8, 4) is 0 Å². The molecule has 4 aliphatic carbocycles. The number of rotatable bonds is 1.